The summed E-state index contributed by atoms with van der Waals surface area (Å²) in [7, 11) is 0. The Balaban J connectivity index is 1.47. The molecule has 3 saturated carbocycles. The topological polar surface area (TPSA) is 63.6 Å². The van der Waals surface area contributed by atoms with E-state index in [0.29, 0.717) is 42.9 Å². The molecular weight excluding hydrogens is 340 g/mol. The van der Waals surface area contributed by atoms with Crippen molar-refractivity contribution in [1.82, 2.24) is 0 Å². The maximum absolute atomic E-state index is 12.1. The smallest absolute Gasteiger partial charge is 0.306 e. The van der Waals surface area contributed by atoms with E-state index in [1.807, 2.05) is 6.08 Å². The van der Waals surface area contributed by atoms with Crippen LogP contribution in [-0.4, -0.2) is 28.6 Å². The normalized spacial score (nSPS) is 57.5. The monoisotopic (exact) mass is 368 g/mol. The molecule has 0 aromatic heterocycles. The highest BCUT2D eigenvalue weighted by Gasteiger charge is 2.79. The Bertz CT molecular complexity index is 826. The van der Waals surface area contributed by atoms with Gasteiger partial charge in [0.15, 0.2) is 5.78 Å². The van der Waals surface area contributed by atoms with Crippen molar-refractivity contribution in [2.24, 2.45) is 40.4 Å². The number of ketones is 1. The molecule has 1 saturated heterocycles. The second-order valence-electron chi connectivity index (χ2n) is 10.5. The predicted octanol–water partition coefficient (Wildman–Crippen LogP) is 3.20. The van der Waals surface area contributed by atoms with Crippen LogP contribution >= 0.6 is 0 Å². The minimum absolute atomic E-state index is 0.0544. The third-order valence-corrected chi connectivity index (χ3v) is 9.58. The highest BCUT2D eigenvalue weighted by molar-refractivity contribution is 5.92. The molecule has 4 fully saturated rings. The molecule has 4 nitrogen and oxygen atoms in total. The first-order chi connectivity index (χ1) is 12.8. The van der Waals surface area contributed by atoms with Gasteiger partial charge in [0, 0.05) is 30.1 Å². The molecule has 0 bridgehead atoms. The maximum atomic E-state index is 12.1. The van der Waals surface area contributed by atoms with Gasteiger partial charge in [-0.1, -0.05) is 26.0 Å². The summed E-state index contributed by atoms with van der Waals surface area (Å²) < 4.78 is 6.08. The van der Waals surface area contributed by atoms with Crippen LogP contribution in [0, 0.1) is 40.4 Å². The van der Waals surface area contributed by atoms with Gasteiger partial charge < -0.3 is 9.84 Å². The number of esters is 1. The maximum Gasteiger partial charge on any atom is 0.306 e. The number of carbonyl (C=O) groups is 2. The van der Waals surface area contributed by atoms with Crippen molar-refractivity contribution in [2.45, 2.75) is 64.1 Å². The summed E-state index contributed by atoms with van der Waals surface area (Å²) in [5, 5.41) is 11.4. The van der Waals surface area contributed by atoms with Crippen LogP contribution in [0.1, 0.15) is 52.4 Å². The van der Waals surface area contributed by atoms with Crippen molar-refractivity contribution >= 4 is 11.8 Å². The Morgan fingerprint density at radius 3 is 2.70 bits per heavy atom. The minimum Gasteiger partial charge on any atom is -0.458 e. The van der Waals surface area contributed by atoms with Crippen LogP contribution in [0.25, 0.3) is 0 Å². The second-order valence-corrected chi connectivity index (χ2v) is 10.5. The SMILES string of the molecule is C[C@]12CCC(=O)C=C1C=CC1C2[C@H](O)C[C@@]2(C)C1[C@@H]1C[C@@H]1[C@@]21CCC(=O)O1. The Labute approximate surface area is 160 Å². The molecule has 9 atom stereocenters. The van der Waals surface area contributed by atoms with Crippen molar-refractivity contribution in [3.05, 3.63) is 23.8 Å². The average Bonchev–Trinajstić information content (AvgIpc) is 3.24. The quantitative estimate of drug-likeness (QED) is 0.667. The third-order valence-electron chi connectivity index (χ3n) is 9.58. The lowest BCUT2D eigenvalue weighted by atomic mass is 9.46. The van der Waals surface area contributed by atoms with E-state index in [-0.39, 0.29) is 34.1 Å². The summed E-state index contributed by atoms with van der Waals surface area (Å²) in [6.45, 7) is 4.54. The molecule has 0 radical (unpaired) electrons. The first-order valence-corrected chi connectivity index (χ1v) is 10.6. The fraction of sp³-hybridized carbons (Fsp3) is 0.739. The fourth-order valence-electron chi connectivity index (χ4n) is 8.48. The molecule has 1 spiro atoms. The number of rotatable bonds is 0. The summed E-state index contributed by atoms with van der Waals surface area (Å²) in [4.78, 5) is 24.1. The average molecular weight is 368 g/mol. The zero-order valence-corrected chi connectivity index (χ0v) is 16.1. The standard InChI is InChI=1S/C23H28O4/c1-21-7-5-13(24)9-12(21)3-4-14-19-15-10-16(15)23(8-6-18(26)27-23)22(19,2)11-17(25)20(14)21/h3-4,9,14-17,19-20,25H,5-8,10-11H2,1-2H3/t14?,15-,16+,17-,19?,20?,21+,22+,23+/m1/s1. The van der Waals surface area contributed by atoms with Crippen molar-refractivity contribution in [3.8, 4) is 0 Å². The number of ether oxygens (including phenoxy) is 1. The van der Waals surface area contributed by atoms with Crippen LogP contribution in [0.4, 0.5) is 0 Å². The molecule has 0 aromatic carbocycles. The molecule has 3 unspecified atom stereocenters. The van der Waals surface area contributed by atoms with E-state index in [1.54, 1.807) is 0 Å². The summed E-state index contributed by atoms with van der Waals surface area (Å²) in [5.74, 6) is 2.19. The summed E-state index contributed by atoms with van der Waals surface area (Å²) >= 11 is 0. The molecule has 0 aromatic rings. The van der Waals surface area contributed by atoms with Crippen LogP contribution in [-0.2, 0) is 14.3 Å². The highest BCUT2D eigenvalue weighted by Crippen LogP contribution is 2.78. The molecule has 0 amide bonds. The van der Waals surface area contributed by atoms with E-state index in [0.717, 1.165) is 18.4 Å². The first kappa shape index (κ1) is 16.5. The van der Waals surface area contributed by atoms with E-state index in [1.165, 1.54) is 6.42 Å². The predicted molar refractivity (Wildman–Crippen MR) is 98.4 cm³/mol. The van der Waals surface area contributed by atoms with E-state index < -0.39 is 6.10 Å². The van der Waals surface area contributed by atoms with E-state index in [9.17, 15) is 14.7 Å². The summed E-state index contributed by atoms with van der Waals surface area (Å²) in [5.41, 5.74) is 0.494. The van der Waals surface area contributed by atoms with Crippen molar-refractivity contribution in [1.29, 1.82) is 0 Å². The number of hydrogen-bond donors (Lipinski definition) is 1. The molecule has 6 aliphatic rings. The lowest BCUT2D eigenvalue weighted by Crippen LogP contribution is -2.60. The zero-order chi connectivity index (χ0) is 18.8. The molecule has 1 heterocycles. The molecule has 144 valence electrons. The largest absolute Gasteiger partial charge is 0.458 e. The minimum atomic E-state index is -0.420. The highest BCUT2D eigenvalue weighted by atomic mass is 16.6. The molecule has 27 heavy (non-hydrogen) atoms. The lowest BCUT2D eigenvalue weighted by Gasteiger charge is -2.60. The number of carbonyl (C=O) groups excluding carboxylic acids is 2. The van der Waals surface area contributed by atoms with Crippen LogP contribution in [0.5, 0.6) is 0 Å². The zero-order valence-electron chi connectivity index (χ0n) is 16.1. The Morgan fingerprint density at radius 2 is 1.96 bits per heavy atom. The van der Waals surface area contributed by atoms with Crippen molar-refractivity contribution < 1.29 is 19.4 Å². The summed E-state index contributed by atoms with van der Waals surface area (Å²) in [6, 6.07) is 0. The van der Waals surface area contributed by atoms with Gasteiger partial charge in [-0.05, 0) is 60.5 Å². The van der Waals surface area contributed by atoms with Gasteiger partial charge in [-0.3, -0.25) is 9.59 Å². The first-order valence-electron chi connectivity index (χ1n) is 10.6. The molecular formula is C23H28O4. The van der Waals surface area contributed by atoms with Crippen LogP contribution in [0.15, 0.2) is 23.8 Å². The number of aliphatic hydroxyl groups excluding tert-OH is 1. The van der Waals surface area contributed by atoms with Crippen LogP contribution < -0.4 is 0 Å². The molecule has 5 aliphatic carbocycles. The number of aliphatic hydroxyl groups is 1. The van der Waals surface area contributed by atoms with Crippen LogP contribution in [0.2, 0.25) is 0 Å². The molecule has 1 N–H and O–H groups in total. The molecule has 4 heteroatoms. The Hall–Kier alpha value is -1.42. The van der Waals surface area contributed by atoms with Crippen molar-refractivity contribution in [2.75, 3.05) is 0 Å². The number of fused-ring (bicyclic) bond motifs is 9. The van der Waals surface area contributed by atoms with Gasteiger partial charge in [-0.15, -0.1) is 0 Å². The number of hydrogen-bond acceptors (Lipinski definition) is 4. The fourth-order valence-corrected chi connectivity index (χ4v) is 8.48. The van der Waals surface area contributed by atoms with E-state index in [4.69, 9.17) is 4.74 Å². The molecule has 6 rings (SSSR count). The van der Waals surface area contributed by atoms with Gasteiger partial charge in [0.05, 0.1) is 6.10 Å². The van der Waals surface area contributed by atoms with E-state index >= 15 is 0 Å². The van der Waals surface area contributed by atoms with Gasteiger partial charge in [0.25, 0.3) is 0 Å². The Kier molecular flexibility index (Phi) is 2.91. The van der Waals surface area contributed by atoms with Gasteiger partial charge in [-0.25, -0.2) is 0 Å². The molecule has 1 aliphatic heterocycles. The van der Waals surface area contributed by atoms with Crippen LogP contribution in [0.3, 0.4) is 0 Å². The van der Waals surface area contributed by atoms with Gasteiger partial charge in [-0.2, -0.15) is 0 Å². The third kappa shape index (κ3) is 1.75. The number of allylic oxidation sites excluding steroid dienone is 4. The second kappa shape index (κ2) is 4.76. The van der Waals surface area contributed by atoms with E-state index in [2.05, 4.69) is 26.0 Å². The summed E-state index contributed by atoms with van der Waals surface area (Å²) in [6.07, 6.45) is 10.5. The van der Waals surface area contributed by atoms with Gasteiger partial charge >= 0.3 is 5.97 Å². The van der Waals surface area contributed by atoms with Gasteiger partial charge in [0.2, 0.25) is 0 Å². The van der Waals surface area contributed by atoms with Gasteiger partial charge in [0.1, 0.15) is 5.60 Å². The Morgan fingerprint density at radius 1 is 1.15 bits per heavy atom. The van der Waals surface area contributed by atoms with Crippen molar-refractivity contribution in [3.63, 3.8) is 0 Å². The lowest BCUT2D eigenvalue weighted by molar-refractivity contribution is -0.187.